The third-order valence-electron chi connectivity index (χ3n) is 3.16. The van der Waals surface area contributed by atoms with Gasteiger partial charge in [0, 0.05) is 15.8 Å². The van der Waals surface area contributed by atoms with Crippen LogP contribution in [0, 0.1) is 10.5 Å². The summed E-state index contributed by atoms with van der Waals surface area (Å²) in [5, 5.41) is 9.89. The summed E-state index contributed by atoms with van der Waals surface area (Å²) in [5.41, 5.74) is 2.10. The Labute approximate surface area is 138 Å². The maximum atomic E-state index is 12.6. The van der Waals surface area contributed by atoms with Gasteiger partial charge in [-0.3, -0.25) is 9.78 Å². The van der Waals surface area contributed by atoms with Gasteiger partial charge in [-0.05, 0) is 66.8 Å². The average molecular weight is 396 g/mol. The lowest BCUT2D eigenvalue weighted by Gasteiger charge is -2.21. The Morgan fingerprint density at radius 3 is 2.76 bits per heavy atom. The fourth-order valence-electron chi connectivity index (χ4n) is 2.06. The second kappa shape index (κ2) is 6.89. The molecule has 0 aliphatic heterocycles. The minimum absolute atomic E-state index is 0.0102. The van der Waals surface area contributed by atoms with Crippen molar-refractivity contribution < 1.29 is 9.90 Å². The zero-order valence-corrected chi connectivity index (χ0v) is 14.2. The molecule has 0 radical (unpaired) electrons. The number of carbonyl (C=O) groups excluding carboxylic acids is 1. The van der Waals surface area contributed by atoms with Crippen molar-refractivity contribution in [2.45, 2.75) is 20.4 Å². The highest BCUT2D eigenvalue weighted by molar-refractivity contribution is 14.1. The Kier molecular flexibility index (Phi) is 5.17. The SMILES string of the molecule is CCN(Cc1cccc(C)n1)C(=O)c1cc(I)ccc1O. The summed E-state index contributed by atoms with van der Waals surface area (Å²) in [4.78, 5) is 18.7. The predicted octanol–water partition coefficient (Wildman–Crippen LogP) is 3.36. The number of phenols is 1. The number of amides is 1. The van der Waals surface area contributed by atoms with Gasteiger partial charge in [0.1, 0.15) is 5.75 Å². The number of pyridine rings is 1. The van der Waals surface area contributed by atoms with E-state index in [0.29, 0.717) is 18.7 Å². The summed E-state index contributed by atoms with van der Waals surface area (Å²) in [7, 11) is 0. The van der Waals surface area contributed by atoms with Crippen molar-refractivity contribution in [3.05, 3.63) is 56.9 Å². The number of rotatable bonds is 4. The van der Waals surface area contributed by atoms with Crippen LogP contribution in [-0.4, -0.2) is 27.4 Å². The third kappa shape index (κ3) is 3.93. The van der Waals surface area contributed by atoms with Gasteiger partial charge in [-0.2, -0.15) is 0 Å². The van der Waals surface area contributed by atoms with Gasteiger partial charge < -0.3 is 10.0 Å². The molecule has 1 heterocycles. The monoisotopic (exact) mass is 396 g/mol. The van der Waals surface area contributed by atoms with Crippen LogP contribution < -0.4 is 0 Å². The van der Waals surface area contributed by atoms with Crippen molar-refractivity contribution in [1.29, 1.82) is 0 Å². The minimum Gasteiger partial charge on any atom is -0.507 e. The largest absolute Gasteiger partial charge is 0.507 e. The Balaban J connectivity index is 2.24. The van der Waals surface area contributed by atoms with Crippen LogP contribution in [0.3, 0.4) is 0 Å². The summed E-state index contributed by atoms with van der Waals surface area (Å²) in [6, 6.07) is 10.8. The van der Waals surface area contributed by atoms with Crippen molar-refractivity contribution in [2.75, 3.05) is 6.54 Å². The molecule has 0 spiro atoms. The fraction of sp³-hybridized carbons (Fsp3) is 0.250. The number of halogens is 1. The molecule has 4 nitrogen and oxygen atoms in total. The van der Waals surface area contributed by atoms with Crippen molar-refractivity contribution in [1.82, 2.24) is 9.88 Å². The van der Waals surface area contributed by atoms with Crippen LogP contribution >= 0.6 is 22.6 Å². The number of hydrogen-bond acceptors (Lipinski definition) is 3. The molecule has 0 saturated heterocycles. The van der Waals surface area contributed by atoms with Crippen LogP contribution in [0.2, 0.25) is 0 Å². The molecule has 1 aromatic heterocycles. The molecule has 21 heavy (non-hydrogen) atoms. The van der Waals surface area contributed by atoms with Crippen molar-refractivity contribution in [3.63, 3.8) is 0 Å². The topological polar surface area (TPSA) is 53.4 Å². The zero-order valence-electron chi connectivity index (χ0n) is 12.0. The zero-order chi connectivity index (χ0) is 15.4. The standard InChI is InChI=1S/C16H17IN2O2/c1-3-19(10-13-6-4-5-11(2)18-13)16(21)14-9-12(17)7-8-15(14)20/h4-9,20H,3,10H2,1-2H3. The lowest BCUT2D eigenvalue weighted by atomic mass is 10.1. The second-order valence-electron chi connectivity index (χ2n) is 4.75. The maximum Gasteiger partial charge on any atom is 0.257 e. The van der Waals surface area contributed by atoms with Crippen molar-refractivity contribution in [2.24, 2.45) is 0 Å². The quantitative estimate of drug-likeness (QED) is 0.807. The first-order valence-corrected chi connectivity index (χ1v) is 7.79. The summed E-state index contributed by atoms with van der Waals surface area (Å²) < 4.78 is 0.915. The molecule has 2 rings (SSSR count). The smallest absolute Gasteiger partial charge is 0.257 e. The van der Waals surface area contributed by atoms with Crippen LogP contribution in [0.25, 0.3) is 0 Å². The number of benzene rings is 1. The Bertz CT molecular complexity index is 658. The van der Waals surface area contributed by atoms with Gasteiger partial charge in [-0.1, -0.05) is 6.07 Å². The molecule has 0 bridgehead atoms. The summed E-state index contributed by atoms with van der Waals surface area (Å²) >= 11 is 2.12. The number of hydrogen-bond donors (Lipinski definition) is 1. The highest BCUT2D eigenvalue weighted by atomic mass is 127. The number of phenolic OH excluding ortho intramolecular Hbond substituents is 1. The van der Waals surface area contributed by atoms with Crippen molar-refractivity contribution >= 4 is 28.5 Å². The molecule has 0 aliphatic rings. The molecule has 0 unspecified atom stereocenters. The molecule has 0 fully saturated rings. The first-order valence-electron chi connectivity index (χ1n) is 6.71. The molecule has 1 N–H and O–H groups in total. The van der Waals surface area contributed by atoms with Gasteiger partial charge in [-0.25, -0.2) is 0 Å². The minimum atomic E-state index is -0.183. The summed E-state index contributed by atoms with van der Waals surface area (Å²) in [6.07, 6.45) is 0. The van der Waals surface area contributed by atoms with Crippen LogP contribution in [0.5, 0.6) is 5.75 Å². The van der Waals surface area contributed by atoms with E-state index in [2.05, 4.69) is 27.6 Å². The second-order valence-corrected chi connectivity index (χ2v) is 6.00. The number of aromatic hydroxyl groups is 1. The summed E-state index contributed by atoms with van der Waals surface area (Å²) in [5.74, 6) is -0.173. The van der Waals surface area contributed by atoms with E-state index in [-0.39, 0.29) is 11.7 Å². The van der Waals surface area contributed by atoms with Gasteiger partial charge >= 0.3 is 0 Å². The first-order chi connectivity index (χ1) is 10.0. The van der Waals surface area contributed by atoms with Gasteiger partial charge in [-0.15, -0.1) is 0 Å². The van der Waals surface area contributed by atoms with E-state index in [1.165, 1.54) is 0 Å². The van der Waals surface area contributed by atoms with E-state index in [1.807, 2.05) is 32.0 Å². The Hall–Kier alpha value is -1.63. The van der Waals surface area contributed by atoms with E-state index in [4.69, 9.17) is 0 Å². The number of nitrogens with zero attached hydrogens (tertiary/aromatic N) is 2. The predicted molar refractivity (Wildman–Crippen MR) is 90.2 cm³/mol. The molecule has 1 amide bonds. The molecule has 0 saturated carbocycles. The lowest BCUT2D eigenvalue weighted by Crippen LogP contribution is -2.30. The van der Waals surface area contributed by atoms with E-state index < -0.39 is 0 Å². The molecule has 0 atom stereocenters. The number of carbonyl (C=O) groups is 1. The van der Waals surface area contributed by atoms with E-state index >= 15 is 0 Å². The first kappa shape index (κ1) is 15.8. The van der Waals surface area contributed by atoms with Gasteiger partial charge in [0.05, 0.1) is 17.8 Å². The number of aryl methyl sites for hydroxylation is 1. The number of aromatic nitrogens is 1. The molecule has 1 aromatic carbocycles. The van der Waals surface area contributed by atoms with Crippen LogP contribution in [0.4, 0.5) is 0 Å². The Morgan fingerprint density at radius 1 is 1.33 bits per heavy atom. The molecule has 0 aliphatic carbocycles. The van der Waals surface area contributed by atoms with Crippen LogP contribution in [0.1, 0.15) is 28.7 Å². The van der Waals surface area contributed by atoms with Crippen molar-refractivity contribution in [3.8, 4) is 5.75 Å². The highest BCUT2D eigenvalue weighted by Crippen LogP contribution is 2.22. The van der Waals surface area contributed by atoms with E-state index in [9.17, 15) is 9.90 Å². The van der Waals surface area contributed by atoms with Gasteiger partial charge in [0.2, 0.25) is 0 Å². The molecule has 2 aromatic rings. The van der Waals surface area contributed by atoms with Gasteiger partial charge in [0.25, 0.3) is 5.91 Å². The molecule has 5 heteroatoms. The van der Waals surface area contributed by atoms with Crippen LogP contribution in [0.15, 0.2) is 36.4 Å². The normalized spacial score (nSPS) is 10.4. The summed E-state index contributed by atoms with van der Waals surface area (Å²) in [6.45, 7) is 4.83. The highest BCUT2D eigenvalue weighted by Gasteiger charge is 2.18. The van der Waals surface area contributed by atoms with E-state index in [1.54, 1.807) is 23.1 Å². The van der Waals surface area contributed by atoms with Gasteiger partial charge in [0.15, 0.2) is 0 Å². The Morgan fingerprint density at radius 2 is 2.10 bits per heavy atom. The van der Waals surface area contributed by atoms with E-state index in [0.717, 1.165) is 15.0 Å². The molecule has 110 valence electrons. The maximum absolute atomic E-state index is 12.6. The fourth-order valence-corrected chi connectivity index (χ4v) is 2.55. The average Bonchev–Trinajstić information content (AvgIpc) is 2.46. The lowest BCUT2D eigenvalue weighted by molar-refractivity contribution is 0.0747. The molecular formula is C16H17IN2O2. The third-order valence-corrected chi connectivity index (χ3v) is 3.83. The van der Waals surface area contributed by atoms with Crippen LogP contribution in [-0.2, 0) is 6.54 Å². The molecular weight excluding hydrogens is 379 g/mol.